The molecular weight excluding hydrogens is 328 g/mol. The standard InChI is InChI=1S/C21H24N2O3/c1-2-12-25-14-16-8-9-18-20(16)26-13-11-23(18)21(24)17-7-3-5-15-6-4-10-22-19(15)17/h2-7,10,16,18,20H,1,8-9,11-14H2. The van der Waals surface area contributed by atoms with Crippen LogP contribution in [0, 0.1) is 5.92 Å². The number of nitrogens with zero attached hydrogens (tertiary/aromatic N) is 2. The number of benzene rings is 1. The van der Waals surface area contributed by atoms with Gasteiger partial charge in [0.25, 0.3) is 5.91 Å². The molecule has 1 aliphatic carbocycles. The summed E-state index contributed by atoms with van der Waals surface area (Å²) >= 11 is 0. The van der Waals surface area contributed by atoms with Crippen LogP contribution in [0.2, 0.25) is 0 Å². The summed E-state index contributed by atoms with van der Waals surface area (Å²) in [4.78, 5) is 19.7. The van der Waals surface area contributed by atoms with E-state index in [-0.39, 0.29) is 18.1 Å². The SMILES string of the molecule is C=CCOCC1CCC2C1OCCN2C(=O)c1cccc2cccnc12. The molecule has 5 heteroatoms. The normalized spacial score (nSPS) is 25.2. The van der Waals surface area contributed by atoms with Crippen molar-refractivity contribution in [3.8, 4) is 0 Å². The van der Waals surface area contributed by atoms with Gasteiger partial charge in [0, 0.05) is 24.0 Å². The maximum Gasteiger partial charge on any atom is 0.256 e. The van der Waals surface area contributed by atoms with Crippen molar-refractivity contribution >= 4 is 16.8 Å². The number of carbonyl (C=O) groups is 1. The third kappa shape index (κ3) is 3.13. The summed E-state index contributed by atoms with van der Waals surface area (Å²) in [6.07, 6.45) is 5.53. The van der Waals surface area contributed by atoms with E-state index in [0.717, 1.165) is 23.7 Å². The summed E-state index contributed by atoms with van der Waals surface area (Å²) in [5.74, 6) is 0.390. The van der Waals surface area contributed by atoms with Gasteiger partial charge in [0.05, 0.1) is 43.0 Å². The van der Waals surface area contributed by atoms with E-state index in [1.165, 1.54) is 0 Å². The first-order chi connectivity index (χ1) is 12.8. The average Bonchev–Trinajstić information content (AvgIpc) is 3.10. The minimum absolute atomic E-state index is 0.0558. The zero-order valence-corrected chi connectivity index (χ0v) is 14.8. The van der Waals surface area contributed by atoms with Gasteiger partial charge in [-0.1, -0.05) is 24.3 Å². The number of morpholine rings is 1. The predicted molar refractivity (Wildman–Crippen MR) is 100 cm³/mol. The number of fused-ring (bicyclic) bond motifs is 2. The van der Waals surface area contributed by atoms with Gasteiger partial charge >= 0.3 is 0 Å². The third-order valence-corrected chi connectivity index (χ3v) is 5.41. The molecule has 1 saturated heterocycles. The quantitative estimate of drug-likeness (QED) is 0.613. The minimum atomic E-state index is 0.0558. The summed E-state index contributed by atoms with van der Waals surface area (Å²) < 4.78 is 11.7. The van der Waals surface area contributed by atoms with E-state index in [0.29, 0.717) is 37.8 Å². The maximum atomic E-state index is 13.3. The first kappa shape index (κ1) is 17.2. The Kier molecular flexibility index (Phi) is 5.00. The lowest BCUT2D eigenvalue weighted by atomic mass is 10.0. The van der Waals surface area contributed by atoms with Gasteiger partial charge < -0.3 is 14.4 Å². The van der Waals surface area contributed by atoms with Gasteiger partial charge in [0.15, 0.2) is 0 Å². The van der Waals surface area contributed by atoms with Crippen molar-refractivity contribution < 1.29 is 14.3 Å². The first-order valence-electron chi connectivity index (χ1n) is 9.24. The van der Waals surface area contributed by atoms with E-state index in [4.69, 9.17) is 9.47 Å². The molecule has 2 aliphatic rings. The highest BCUT2D eigenvalue weighted by Gasteiger charge is 2.44. The van der Waals surface area contributed by atoms with E-state index in [1.807, 2.05) is 35.2 Å². The number of hydrogen-bond acceptors (Lipinski definition) is 4. The summed E-state index contributed by atoms with van der Waals surface area (Å²) in [6.45, 7) is 6.10. The van der Waals surface area contributed by atoms with Gasteiger partial charge in [-0.15, -0.1) is 6.58 Å². The van der Waals surface area contributed by atoms with Crippen molar-refractivity contribution in [1.82, 2.24) is 9.88 Å². The van der Waals surface area contributed by atoms with E-state index in [9.17, 15) is 4.79 Å². The molecule has 1 aromatic carbocycles. The third-order valence-electron chi connectivity index (χ3n) is 5.41. The Hall–Kier alpha value is -2.24. The molecule has 0 spiro atoms. The molecule has 1 aliphatic heterocycles. The minimum Gasteiger partial charge on any atom is -0.377 e. The summed E-state index contributed by atoms with van der Waals surface area (Å²) in [5, 5.41) is 0.991. The number of hydrogen-bond donors (Lipinski definition) is 0. The predicted octanol–water partition coefficient (Wildman–Crippen LogP) is 3.06. The molecule has 2 aromatic rings. The number of rotatable bonds is 5. The highest BCUT2D eigenvalue weighted by Crippen LogP contribution is 2.36. The van der Waals surface area contributed by atoms with Crippen molar-refractivity contribution in [3.05, 3.63) is 54.7 Å². The molecule has 136 valence electrons. The lowest BCUT2D eigenvalue weighted by Gasteiger charge is -2.39. The van der Waals surface area contributed by atoms with Crippen molar-refractivity contribution in [3.63, 3.8) is 0 Å². The lowest BCUT2D eigenvalue weighted by Crippen LogP contribution is -2.53. The molecule has 1 amide bonds. The number of carbonyl (C=O) groups excluding carboxylic acids is 1. The smallest absolute Gasteiger partial charge is 0.256 e. The van der Waals surface area contributed by atoms with Crippen molar-refractivity contribution in [1.29, 1.82) is 0 Å². The molecule has 1 aromatic heterocycles. The van der Waals surface area contributed by atoms with E-state index < -0.39 is 0 Å². The summed E-state index contributed by atoms with van der Waals surface area (Å²) in [6, 6.07) is 9.80. The zero-order chi connectivity index (χ0) is 17.9. The van der Waals surface area contributed by atoms with E-state index >= 15 is 0 Å². The largest absolute Gasteiger partial charge is 0.377 e. The van der Waals surface area contributed by atoms with Gasteiger partial charge in [-0.25, -0.2) is 0 Å². The molecule has 2 fully saturated rings. The van der Waals surface area contributed by atoms with Crippen molar-refractivity contribution in [2.75, 3.05) is 26.4 Å². The lowest BCUT2D eigenvalue weighted by molar-refractivity contribution is -0.0738. The Morgan fingerprint density at radius 1 is 1.35 bits per heavy atom. The molecule has 0 N–H and O–H groups in total. The number of pyridine rings is 1. The second kappa shape index (κ2) is 7.56. The molecule has 4 rings (SSSR count). The Bertz CT molecular complexity index is 801. The molecule has 26 heavy (non-hydrogen) atoms. The van der Waals surface area contributed by atoms with Crippen LogP contribution in [0.3, 0.4) is 0 Å². The van der Waals surface area contributed by atoms with Gasteiger partial charge in [-0.05, 0) is 25.0 Å². The fraction of sp³-hybridized carbons (Fsp3) is 0.429. The van der Waals surface area contributed by atoms with E-state index in [1.54, 1.807) is 12.3 Å². The van der Waals surface area contributed by atoms with Gasteiger partial charge in [-0.2, -0.15) is 0 Å². The molecule has 0 bridgehead atoms. The summed E-state index contributed by atoms with van der Waals surface area (Å²) in [7, 11) is 0. The molecular formula is C21H24N2O3. The molecule has 1 saturated carbocycles. The van der Waals surface area contributed by atoms with Crippen LogP contribution in [0.15, 0.2) is 49.2 Å². The van der Waals surface area contributed by atoms with Crippen molar-refractivity contribution in [2.45, 2.75) is 25.0 Å². The Morgan fingerprint density at radius 3 is 3.12 bits per heavy atom. The van der Waals surface area contributed by atoms with Gasteiger partial charge in [0.1, 0.15) is 0 Å². The molecule has 3 atom stereocenters. The second-order valence-electron chi connectivity index (χ2n) is 6.95. The Labute approximate surface area is 153 Å². The van der Waals surface area contributed by atoms with Crippen LogP contribution in [-0.2, 0) is 9.47 Å². The van der Waals surface area contributed by atoms with Crippen LogP contribution < -0.4 is 0 Å². The Morgan fingerprint density at radius 2 is 2.23 bits per heavy atom. The van der Waals surface area contributed by atoms with Crippen molar-refractivity contribution in [2.24, 2.45) is 5.92 Å². The average molecular weight is 352 g/mol. The van der Waals surface area contributed by atoms with Crippen LogP contribution in [0.4, 0.5) is 0 Å². The zero-order valence-electron chi connectivity index (χ0n) is 14.8. The first-order valence-corrected chi connectivity index (χ1v) is 9.24. The monoisotopic (exact) mass is 352 g/mol. The molecule has 5 nitrogen and oxygen atoms in total. The fourth-order valence-corrected chi connectivity index (χ4v) is 4.23. The van der Waals surface area contributed by atoms with Crippen LogP contribution in [-0.4, -0.2) is 54.3 Å². The van der Waals surface area contributed by atoms with Crippen LogP contribution in [0.1, 0.15) is 23.2 Å². The second-order valence-corrected chi connectivity index (χ2v) is 6.95. The Balaban J connectivity index is 1.55. The number of para-hydroxylation sites is 1. The number of amides is 1. The summed E-state index contributed by atoms with van der Waals surface area (Å²) in [5.41, 5.74) is 1.45. The number of ether oxygens (including phenoxy) is 2. The highest BCUT2D eigenvalue weighted by atomic mass is 16.5. The van der Waals surface area contributed by atoms with Gasteiger partial charge in [0.2, 0.25) is 0 Å². The topological polar surface area (TPSA) is 51.7 Å². The molecule has 2 heterocycles. The fourth-order valence-electron chi connectivity index (χ4n) is 4.23. The maximum absolute atomic E-state index is 13.3. The van der Waals surface area contributed by atoms with Crippen LogP contribution in [0.25, 0.3) is 10.9 Å². The number of aromatic nitrogens is 1. The molecule has 3 unspecified atom stereocenters. The van der Waals surface area contributed by atoms with Gasteiger partial charge in [-0.3, -0.25) is 9.78 Å². The van der Waals surface area contributed by atoms with Crippen LogP contribution >= 0.6 is 0 Å². The van der Waals surface area contributed by atoms with E-state index in [2.05, 4.69) is 11.6 Å². The molecule has 0 radical (unpaired) electrons. The highest BCUT2D eigenvalue weighted by molar-refractivity contribution is 6.05. The van der Waals surface area contributed by atoms with Crippen LogP contribution in [0.5, 0.6) is 0 Å².